The zero-order valence-corrected chi connectivity index (χ0v) is 12.0. The van der Waals surface area contributed by atoms with Gasteiger partial charge in [-0.05, 0) is 36.2 Å². The number of hydrogen-bond acceptors (Lipinski definition) is 4. The van der Waals surface area contributed by atoms with Gasteiger partial charge in [-0.3, -0.25) is 4.98 Å². The highest BCUT2D eigenvalue weighted by Crippen LogP contribution is 2.12. The van der Waals surface area contributed by atoms with Crippen LogP contribution < -0.4 is 10.5 Å². The lowest BCUT2D eigenvalue weighted by molar-refractivity contribution is 0.572. The molecule has 6 heteroatoms. The standard InChI is InChI=1S/C14H17N3O2S/c1-11(13-3-2-8-16-10-13)17-9-12-4-6-14(7-5-12)20(15,18)19/h2-8,10-11,17H,9H2,1H3,(H2,15,18,19). The predicted molar refractivity (Wildman–Crippen MR) is 77.3 cm³/mol. The van der Waals surface area contributed by atoms with Gasteiger partial charge in [-0.25, -0.2) is 13.6 Å². The molecule has 1 heterocycles. The van der Waals surface area contributed by atoms with Gasteiger partial charge in [0.2, 0.25) is 10.0 Å². The Kier molecular flexibility index (Phi) is 4.49. The number of pyridine rings is 1. The molecule has 0 aliphatic carbocycles. The lowest BCUT2D eigenvalue weighted by Crippen LogP contribution is -2.18. The molecule has 5 nitrogen and oxygen atoms in total. The monoisotopic (exact) mass is 291 g/mol. The molecule has 3 N–H and O–H groups in total. The third-order valence-corrected chi connectivity index (χ3v) is 3.98. The number of nitrogens with two attached hydrogens (primary N) is 1. The zero-order chi connectivity index (χ0) is 14.6. The third-order valence-electron chi connectivity index (χ3n) is 3.05. The van der Waals surface area contributed by atoms with Crippen LogP contribution in [0.4, 0.5) is 0 Å². The Labute approximate surface area is 118 Å². The summed E-state index contributed by atoms with van der Waals surface area (Å²) in [7, 11) is -3.62. The molecule has 106 valence electrons. The smallest absolute Gasteiger partial charge is 0.238 e. The number of nitrogens with one attached hydrogen (secondary N) is 1. The topological polar surface area (TPSA) is 85.1 Å². The van der Waals surface area contributed by atoms with Crippen LogP contribution in [-0.2, 0) is 16.6 Å². The minimum atomic E-state index is -3.62. The van der Waals surface area contributed by atoms with E-state index in [1.54, 1.807) is 18.3 Å². The number of nitrogens with zero attached hydrogens (tertiary/aromatic N) is 1. The highest BCUT2D eigenvalue weighted by Gasteiger charge is 2.08. The Hall–Kier alpha value is -1.76. The SMILES string of the molecule is CC(NCc1ccc(S(N)(=O)=O)cc1)c1cccnc1. The molecule has 0 aliphatic rings. The highest BCUT2D eigenvalue weighted by atomic mass is 32.2. The molecule has 0 bridgehead atoms. The van der Waals surface area contributed by atoms with Gasteiger partial charge in [0.1, 0.15) is 0 Å². The molecule has 2 aromatic rings. The maximum absolute atomic E-state index is 11.2. The minimum Gasteiger partial charge on any atom is -0.306 e. The summed E-state index contributed by atoms with van der Waals surface area (Å²) in [5.74, 6) is 0. The molecule has 1 atom stereocenters. The molecule has 0 saturated carbocycles. The van der Waals surface area contributed by atoms with Gasteiger partial charge in [0.15, 0.2) is 0 Å². The van der Waals surface area contributed by atoms with E-state index in [1.165, 1.54) is 12.1 Å². The summed E-state index contributed by atoms with van der Waals surface area (Å²) in [6.45, 7) is 2.69. The molecular formula is C14H17N3O2S. The second-order valence-electron chi connectivity index (χ2n) is 4.58. The summed E-state index contributed by atoms with van der Waals surface area (Å²) in [4.78, 5) is 4.21. The summed E-state index contributed by atoms with van der Waals surface area (Å²) in [5.41, 5.74) is 2.10. The van der Waals surface area contributed by atoms with Crippen LogP contribution in [-0.4, -0.2) is 13.4 Å². The summed E-state index contributed by atoms with van der Waals surface area (Å²) < 4.78 is 22.3. The van der Waals surface area contributed by atoms with E-state index in [1.807, 2.05) is 18.3 Å². The fraction of sp³-hybridized carbons (Fsp3) is 0.214. The second kappa shape index (κ2) is 6.13. The van der Waals surface area contributed by atoms with Crippen LogP contribution in [0.15, 0.2) is 53.7 Å². The van der Waals surface area contributed by atoms with Crippen molar-refractivity contribution < 1.29 is 8.42 Å². The van der Waals surface area contributed by atoms with Gasteiger partial charge in [0.05, 0.1) is 4.90 Å². The Morgan fingerprint density at radius 3 is 2.50 bits per heavy atom. The molecule has 20 heavy (non-hydrogen) atoms. The van der Waals surface area contributed by atoms with Crippen molar-refractivity contribution in [3.05, 3.63) is 59.9 Å². The molecule has 0 amide bonds. The maximum atomic E-state index is 11.2. The fourth-order valence-corrected chi connectivity index (χ4v) is 2.33. The van der Waals surface area contributed by atoms with Crippen LogP contribution in [0.25, 0.3) is 0 Å². The van der Waals surface area contributed by atoms with Crippen LogP contribution in [0.1, 0.15) is 24.1 Å². The lowest BCUT2D eigenvalue weighted by atomic mass is 10.1. The van der Waals surface area contributed by atoms with Crippen LogP contribution in [0.3, 0.4) is 0 Å². The van der Waals surface area contributed by atoms with Crippen molar-refractivity contribution in [1.82, 2.24) is 10.3 Å². The molecule has 1 aromatic heterocycles. The van der Waals surface area contributed by atoms with E-state index < -0.39 is 10.0 Å². The zero-order valence-electron chi connectivity index (χ0n) is 11.2. The minimum absolute atomic E-state index is 0.126. The van der Waals surface area contributed by atoms with Gasteiger partial charge in [-0.15, -0.1) is 0 Å². The van der Waals surface area contributed by atoms with Crippen LogP contribution >= 0.6 is 0 Å². The molecular weight excluding hydrogens is 274 g/mol. The summed E-state index contributed by atoms with van der Waals surface area (Å²) in [6, 6.07) is 10.6. The van der Waals surface area contributed by atoms with Crippen molar-refractivity contribution in [1.29, 1.82) is 0 Å². The van der Waals surface area contributed by atoms with E-state index >= 15 is 0 Å². The Balaban J connectivity index is 1.98. The van der Waals surface area contributed by atoms with E-state index in [0.29, 0.717) is 6.54 Å². The van der Waals surface area contributed by atoms with Crippen molar-refractivity contribution in [3.63, 3.8) is 0 Å². The fourth-order valence-electron chi connectivity index (χ4n) is 1.82. The van der Waals surface area contributed by atoms with Gasteiger partial charge >= 0.3 is 0 Å². The second-order valence-corrected chi connectivity index (χ2v) is 6.14. The van der Waals surface area contributed by atoms with Crippen molar-refractivity contribution in [3.8, 4) is 0 Å². The first-order valence-corrected chi connectivity index (χ1v) is 7.76. The first-order chi connectivity index (χ1) is 9.47. The first-order valence-electron chi connectivity index (χ1n) is 6.22. The van der Waals surface area contributed by atoms with Crippen LogP contribution in [0, 0.1) is 0 Å². The predicted octanol–water partition coefficient (Wildman–Crippen LogP) is 1.58. The molecule has 2 rings (SSSR count). The number of rotatable bonds is 5. The molecule has 0 saturated heterocycles. The summed E-state index contributed by atoms with van der Waals surface area (Å²) in [5, 5.41) is 8.41. The molecule has 0 spiro atoms. The van der Waals surface area contributed by atoms with Gasteiger partial charge < -0.3 is 5.32 Å². The highest BCUT2D eigenvalue weighted by molar-refractivity contribution is 7.89. The number of primary sulfonamides is 1. The molecule has 1 aromatic carbocycles. The Morgan fingerprint density at radius 2 is 1.95 bits per heavy atom. The van der Waals surface area contributed by atoms with Crippen LogP contribution in [0.5, 0.6) is 0 Å². The maximum Gasteiger partial charge on any atom is 0.238 e. The summed E-state index contributed by atoms with van der Waals surface area (Å²) >= 11 is 0. The van der Waals surface area contributed by atoms with E-state index in [-0.39, 0.29) is 10.9 Å². The van der Waals surface area contributed by atoms with Gasteiger partial charge in [-0.2, -0.15) is 0 Å². The van der Waals surface area contributed by atoms with Crippen molar-refractivity contribution in [2.75, 3.05) is 0 Å². The van der Waals surface area contributed by atoms with Gasteiger partial charge in [0, 0.05) is 25.0 Å². The number of aromatic nitrogens is 1. The average molecular weight is 291 g/mol. The normalized spacial score (nSPS) is 13.1. The summed E-state index contributed by atoms with van der Waals surface area (Å²) in [6.07, 6.45) is 3.56. The van der Waals surface area contributed by atoms with Crippen molar-refractivity contribution in [2.24, 2.45) is 5.14 Å². The largest absolute Gasteiger partial charge is 0.306 e. The quantitative estimate of drug-likeness (QED) is 0.876. The molecule has 1 unspecified atom stereocenters. The molecule has 0 aliphatic heterocycles. The Morgan fingerprint density at radius 1 is 1.25 bits per heavy atom. The van der Waals surface area contributed by atoms with Gasteiger partial charge in [0.25, 0.3) is 0 Å². The Bertz CT molecular complexity index is 655. The average Bonchev–Trinajstić information content (AvgIpc) is 2.45. The van der Waals surface area contributed by atoms with Gasteiger partial charge in [-0.1, -0.05) is 18.2 Å². The third kappa shape index (κ3) is 3.86. The van der Waals surface area contributed by atoms with E-state index in [4.69, 9.17) is 5.14 Å². The molecule has 0 fully saturated rings. The number of hydrogen-bond donors (Lipinski definition) is 2. The van der Waals surface area contributed by atoms with Crippen molar-refractivity contribution in [2.45, 2.75) is 24.4 Å². The van der Waals surface area contributed by atoms with Crippen LogP contribution in [0.2, 0.25) is 0 Å². The van der Waals surface area contributed by atoms with E-state index in [0.717, 1.165) is 11.1 Å². The first kappa shape index (κ1) is 14.6. The van der Waals surface area contributed by atoms with E-state index in [9.17, 15) is 8.42 Å². The van der Waals surface area contributed by atoms with E-state index in [2.05, 4.69) is 17.2 Å². The lowest BCUT2D eigenvalue weighted by Gasteiger charge is -2.13. The molecule has 0 radical (unpaired) electrons. The number of sulfonamides is 1. The van der Waals surface area contributed by atoms with Crippen molar-refractivity contribution >= 4 is 10.0 Å². The number of benzene rings is 1.